The summed E-state index contributed by atoms with van der Waals surface area (Å²) in [4.78, 5) is 15.8. The summed E-state index contributed by atoms with van der Waals surface area (Å²) in [6.07, 6.45) is 1.77. The van der Waals surface area contributed by atoms with Gasteiger partial charge < -0.3 is 10.3 Å². The summed E-state index contributed by atoms with van der Waals surface area (Å²) in [6.45, 7) is 3.26. The molecule has 2 aromatic carbocycles. The number of fused-ring (bicyclic) bond motifs is 1. The number of hydrogen-bond donors (Lipinski definition) is 2. The summed E-state index contributed by atoms with van der Waals surface area (Å²) in [5, 5.41) is 3.77. The minimum absolute atomic E-state index is 0.255. The van der Waals surface area contributed by atoms with Gasteiger partial charge >= 0.3 is 0 Å². The number of nitrogens with zero attached hydrogens (tertiary/aromatic N) is 1. The van der Waals surface area contributed by atoms with E-state index < -0.39 is 10.0 Å². The van der Waals surface area contributed by atoms with Crippen molar-refractivity contribution >= 4 is 32.5 Å². The number of hydrogen-bond acceptors (Lipinski definition) is 3. The normalized spacial score (nSPS) is 16.3. The van der Waals surface area contributed by atoms with E-state index in [1.54, 1.807) is 34.6 Å². The van der Waals surface area contributed by atoms with Crippen LogP contribution in [-0.2, 0) is 10.0 Å². The number of aromatic amines is 1. The van der Waals surface area contributed by atoms with Crippen molar-refractivity contribution < 1.29 is 13.2 Å². The van der Waals surface area contributed by atoms with Crippen molar-refractivity contribution in [2.45, 2.75) is 24.7 Å². The molecule has 1 aromatic heterocycles. The number of piperidine rings is 1. The van der Waals surface area contributed by atoms with Crippen LogP contribution in [0.2, 0.25) is 0 Å². The van der Waals surface area contributed by atoms with E-state index in [2.05, 4.69) is 17.2 Å². The summed E-state index contributed by atoms with van der Waals surface area (Å²) < 4.78 is 27.1. The van der Waals surface area contributed by atoms with E-state index in [-0.39, 0.29) is 10.8 Å². The molecule has 6 nitrogen and oxygen atoms in total. The van der Waals surface area contributed by atoms with Crippen LogP contribution in [0.4, 0.5) is 5.69 Å². The highest BCUT2D eigenvalue weighted by atomic mass is 32.2. The molecular weight excluding hydrogens is 374 g/mol. The maximum atomic E-state index is 12.8. The molecule has 146 valence electrons. The van der Waals surface area contributed by atoms with Gasteiger partial charge in [-0.05, 0) is 55.2 Å². The molecule has 2 N–H and O–H groups in total. The third-order valence-electron chi connectivity index (χ3n) is 5.27. The molecule has 0 atom stereocenters. The smallest absolute Gasteiger partial charge is 0.272 e. The molecule has 0 aliphatic carbocycles. The van der Waals surface area contributed by atoms with Crippen molar-refractivity contribution in [3.63, 3.8) is 0 Å². The first-order valence-electron chi connectivity index (χ1n) is 9.43. The number of para-hydroxylation sites is 1. The monoisotopic (exact) mass is 397 g/mol. The van der Waals surface area contributed by atoms with Crippen LogP contribution in [0.15, 0.2) is 59.5 Å². The van der Waals surface area contributed by atoms with Crippen LogP contribution in [-0.4, -0.2) is 36.7 Å². The topological polar surface area (TPSA) is 82.3 Å². The van der Waals surface area contributed by atoms with Crippen LogP contribution in [0.5, 0.6) is 0 Å². The maximum absolute atomic E-state index is 12.8. The second kappa shape index (κ2) is 7.41. The number of carbonyl (C=O) groups excluding carboxylic acids is 1. The third-order valence-corrected chi connectivity index (χ3v) is 7.18. The van der Waals surface area contributed by atoms with Gasteiger partial charge in [-0.25, -0.2) is 8.42 Å². The molecule has 2 heterocycles. The molecule has 28 heavy (non-hydrogen) atoms. The average molecular weight is 398 g/mol. The van der Waals surface area contributed by atoms with Gasteiger partial charge in [0, 0.05) is 29.7 Å². The first-order chi connectivity index (χ1) is 13.4. The van der Waals surface area contributed by atoms with Gasteiger partial charge in [0.25, 0.3) is 5.91 Å². The largest absolute Gasteiger partial charge is 0.351 e. The third kappa shape index (κ3) is 3.68. The van der Waals surface area contributed by atoms with Crippen molar-refractivity contribution in [3.8, 4) is 0 Å². The second-order valence-corrected chi connectivity index (χ2v) is 9.27. The number of amides is 1. The maximum Gasteiger partial charge on any atom is 0.272 e. The first-order valence-corrected chi connectivity index (χ1v) is 10.9. The van der Waals surface area contributed by atoms with E-state index in [0.29, 0.717) is 30.4 Å². The Bertz CT molecular complexity index is 1060. The molecule has 0 saturated carbocycles. The SMILES string of the molecule is CC1CCN(S(=O)(=O)c2ccc(NC(=O)c3cc4ccccc4[nH]3)cc2)CC1. The molecule has 1 saturated heterocycles. The number of H-pyrrole nitrogens is 1. The lowest BCUT2D eigenvalue weighted by Crippen LogP contribution is -2.37. The van der Waals surface area contributed by atoms with Gasteiger partial charge in [-0.3, -0.25) is 4.79 Å². The molecule has 0 unspecified atom stereocenters. The lowest BCUT2D eigenvalue weighted by molar-refractivity contribution is 0.102. The van der Waals surface area contributed by atoms with Crippen molar-refractivity contribution in [2.75, 3.05) is 18.4 Å². The number of aromatic nitrogens is 1. The van der Waals surface area contributed by atoms with Crippen LogP contribution in [0.25, 0.3) is 10.9 Å². The Labute approximate surface area is 164 Å². The van der Waals surface area contributed by atoms with Crippen LogP contribution in [0.1, 0.15) is 30.3 Å². The Morgan fingerprint density at radius 1 is 1.07 bits per heavy atom. The number of sulfonamides is 1. The molecule has 1 aliphatic heterocycles. The summed E-state index contributed by atoms with van der Waals surface area (Å²) in [5.74, 6) is 0.297. The molecule has 0 spiro atoms. The number of carbonyl (C=O) groups is 1. The van der Waals surface area contributed by atoms with Crippen LogP contribution >= 0.6 is 0 Å². The highest BCUT2D eigenvalue weighted by Crippen LogP contribution is 2.24. The lowest BCUT2D eigenvalue weighted by atomic mass is 10.0. The second-order valence-electron chi connectivity index (χ2n) is 7.34. The van der Waals surface area contributed by atoms with Crippen molar-refractivity contribution in [1.29, 1.82) is 0 Å². The molecule has 7 heteroatoms. The van der Waals surface area contributed by atoms with Crippen molar-refractivity contribution in [3.05, 3.63) is 60.3 Å². The Balaban J connectivity index is 1.47. The number of benzene rings is 2. The molecule has 0 bridgehead atoms. The zero-order chi connectivity index (χ0) is 19.7. The minimum atomic E-state index is -3.49. The molecule has 1 amide bonds. The predicted molar refractivity (Wildman–Crippen MR) is 110 cm³/mol. The Morgan fingerprint density at radius 2 is 1.75 bits per heavy atom. The molecular formula is C21H23N3O3S. The Kier molecular flexibility index (Phi) is 4.95. The quantitative estimate of drug-likeness (QED) is 0.702. The van der Waals surface area contributed by atoms with Crippen LogP contribution < -0.4 is 5.32 Å². The first kappa shape index (κ1) is 18.7. The molecule has 0 radical (unpaired) electrons. The molecule has 1 fully saturated rings. The van der Waals surface area contributed by atoms with Gasteiger partial charge in [-0.1, -0.05) is 25.1 Å². The van der Waals surface area contributed by atoms with Gasteiger partial charge in [0.05, 0.1) is 4.90 Å². The van der Waals surface area contributed by atoms with Gasteiger partial charge in [0.2, 0.25) is 10.0 Å². The number of rotatable bonds is 4. The molecule has 3 aromatic rings. The van der Waals surface area contributed by atoms with E-state index >= 15 is 0 Å². The van der Waals surface area contributed by atoms with Gasteiger partial charge in [0.15, 0.2) is 0 Å². The molecule has 4 rings (SSSR count). The minimum Gasteiger partial charge on any atom is -0.351 e. The zero-order valence-electron chi connectivity index (χ0n) is 15.7. The standard InChI is InChI=1S/C21H23N3O3S/c1-15-10-12-24(13-11-15)28(26,27)18-8-6-17(7-9-18)22-21(25)20-14-16-4-2-3-5-19(16)23-20/h2-9,14-15,23H,10-13H2,1H3,(H,22,25). The van der Waals surface area contributed by atoms with E-state index in [1.165, 1.54) is 0 Å². The van der Waals surface area contributed by atoms with Crippen molar-refractivity contribution in [2.24, 2.45) is 5.92 Å². The van der Waals surface area contributed by atoms with Crippen molar-refractivity contribution in [1.82, 2.24) is 9.29 Å². The summed E-state index contributed by atoms with van der Waals surface area (Å²) in [6, 6.07) is 15.8. The summed E-state index contributed by atoms with van der Waals surface area (Å²) >= 11 is 0. The van der Waals surface area contributed by atoms with E-state index in [0.717, 1.165) is 23.7 Å². The fraction of sp³-hybridized carbons (Fsp3) is 0.286. The summed E-state index contributed by atoms with van der Waals surface area (Å²) in [5.41, 5.74) is 1.90. The van der Waals surface area contributed by atoms with Crippen LogP contribution in [0.3, 0.4) is 0 Å². The fourth-order valence-electron chi connectivity index (χ4n) is 3.48. The van der Waals surface area contributed by atoms with Crippen LogP contribution in [0, 0.1) is 5.92 Å². The van der Waals surface area contributed by atoms with Gasteiger partial charge in [-0.2, -0.15) is 4.31 Å². The van der Waals surface area contributed by atoms with E-state index in [4.69, 9.17) is 0 Å². The Hall–Kier alpha value is -2.64. The predicted octanol–water partition coefficient (Wildman–Crippen LogP) is 3.84. The molecule has 1 aliphatic rings. The summed E-state index contributed by atoms with van der Waals surface area (Å²) in [7, 11) is -3.49. The number of anilines is 1. The zero-order valence-corrected chi connectivity index (χ0v) is 16.5. The van der Waals surface area contributed by atoms with E-state index in [1.807, 2.05) is 24.3 Å². The average Bonchev–Trinajstić information content (AvgIpc) is 3.13. The lowest BCUT2D eigenvalue weighted by Gasteiger charge is -2.29. The van der Waals surface area contributed by atoms with E-state index in [9.17, 15) is 13.2 Å². The Morgan fingerprint density at radius 3 is 2.43 bits per heavy atom. The number of nitrogens with one attached hydrogen (secondary N) is 2. The fourth-order valence-corrected chi connectivity index (χ4v) is 4.95. The highest BCUT2D eigenvalue weighted by Gasteiger charge is 2.27. The van der Waals surface area contributed by atoms with Gasteiger partial charge in [0.1, 0.15) is 5.69 Å². The highest BCUT2D eigenvalue weighted by molar-refractivity contribution is 7.89. The van der Waals surface area contributed by atoms with Gasteiger partial charge in [-0.15, -0.1) is 0 Å².